The molecule has 1 aromatic carbocycles. The maximum Gasteiger partial charge on any atom is 0.276 e. The van der Waals surface area contributed by atoms with Crippen LogP contribution >= 0.6 is 11.3 Å². The van der Waals surface area contributed by atoms with Gasteiger partial charge in [-0.1, -0.05) is 18.2 Å². The van der Waals surface area contributed by atoms with Crippen LogP contribution in [0, 0.1) is 6.92 Å². The Morgan fingerprint density at radius 2 is 1.94 bits per heavy atom. The Morgan fingerprint density at radius 1 is 1.18 bits per heavy atom. The van der Waals surface area contributed by atoms with E-state index in [9.17, 15) is 4.79 Å². The smallest absolute Gasteiger partial charge is 0.267 e. The van der Waals surface area contributed by atoms with Gasteiger partial charge in [0.2, 0.25) is 0 Å². The van der Waals surface area contributed by atoms with E-state index < -0.39 is 0 Å². The first-order valence-corrected chi connectivity index (χ1v) is 6.17. The van der Waals surface area contributed by atoms with Crippen LogP contribution in [0.3, 0.4) is 0 Å². The predicted molar refractivity (Wildman–Crippen MR) is 70.0 cm³/mol. The zero-order valence-electron chi connectivity index (χ0n) is 9.25. The molecule has 3 rings (SSSR count). The van der Waals surface area contributed by atoms with Gasteiger partial charge < -0.3 is 0 Å². The van der Waals surface area contributed by atoms with Crippen LogP contribution in [0.1, 0.15) is 5.82 Å². The number of fused-ring (bicyclic) bond motifs is 1. The van der Waals surface area contributed by atoms with E-state index in [1.54, 1.807) is 4.57 Å². The molecule has 84 valence electrons. The van der Waals surface area contributed by atoms with Gasteiger partial charge in [-0.3, -0.25) is 9.36 Å². The van der Waals surface area contributed by atoms with Crippen LogP contribution < -0.4 is 5.56 Å². The Labute approximate surface area is 102 Å². The summed E-state index contributed by atoms with van der Waals surface area (Å²) in [5, 5.41) is 1.90. The Bertz CT molecular complexity index is 728. The lowest BCUT2D eigenvalue weighted by Gasteiger charge is -2.08. The predicted octanol–water partition coefficient (Wildman–Crippen LogP) is 2.76. The number of thiophene rings is 1. The molecular weight excluding hydrogens is 232 g/mol. The SMILES string of the molecule is Cc1nc2ccsc2c(=O)n1-c1ccccc1. The lowest BCUT2D eigenvalue weighted by molar-refractivity contribution is 0.898. The average molecular weight is 242 g/mol. The van der Waals surface area contributed by atoms with Crippen molar-refractivity contribution in [3.05, 3.63) is 58.0 Å². The van der Waals surface area contributed by atoms with Crippen molar-refractivity contribution in [2.24, 2.45) is 0 Å². The third kappa shape index (κ3) is 1.57. The van der Waals surface area contributed by atoms with Crippen molar-refractivity contribution in [1.29, 1.82) is 0 Å². The lowest BCUT2D eigenvalue weighted by atomic mass is 10.3. The number of aryl methyl sites for hydroxylation is 1. The molecule has 0 bridgehead atoms. The zero-order valence-corrected chi connectivity index (χ0v) is 10.1. The average Bonchev–Trinajstić information content (AvgIpc) is 2.78. The van der Waals surface area contributed by atoms with Gasteiger partial charge in [-0.25, -0.2) is 4.98 Å². The second-order valence-corrected chi connectivity index (χ2v) is 4.69. The van der Waals surface area contributed by atoms with Gasteiger partial charge in [0.15, 0.2) is 0 Å². The summed E-state index contributed by atoms with van der Waals surface area (Å²) in [4.78, 5) is 16.8. The van der Waals surface area contributed by atoms with Gasteiger partial charge in [-0.05, 0) is 30.5 Å². The van der Waals surface area contributed by atoms with Gasteiger partial charge in [-0.15, -0.1) is 11.3 Å². The Morgan fingerprint density at radius 3 is 2.71 bits per heavy atom. The van der Waals surface area contributed by atoms with Crippen LogP contribution in [0.2, 0.25) is 0 Å². The Kier molecular flexibility index (Phi) is 2.30. The van der Waals surface area contributed by atoms with Crippen LogP contribution in [0.25, 0.3) is 15.9 Å². The molecule has 0 spiro atoms. The van der Waals surface area contributed by atoms with E-state index in [2.05, 4.69) is 4.98 Å². The number of aromatic nitrogens is 2. The number of benzene rings is 1. The van der Waals surface area contributed by atoms with Crippen LogP contribution in [0.4, 0.5) is 0 Å². The quantitative estimate of drug-likeness (QED) is 0.657. The molecule has 0 atom stereocenters. The van der Waals surface area contributed by atoms with E-state index in [-0.39, 0.29) is 5.56 Å². The van der Waals surface area contributed by atoms with Crippen molar-refractivity contribution in [3.63, 3.8) is 0 Å². The molecule has 0 aliphatic rings. The van der Waals surface area contributed by atoms with E-state index in [0.717, 1.165) is 11.2 Å². The fourth-order valence-electron chi connectivity index (χ4n) is 1.90. The maximum absolute atomic E-state index is 12.3. The first kappa shape index (κ1) is 10.2. The maximum atomic E-state index is 12.3. The van der Waals surface area contributed by atoms with E-state index in [4.69, 9.17) is 0 Å². The molecule has 0 amide bonds. The fourth-order valence-corrected chi connectivity index (χ4v) is 2.66. The zero-order chi connectivity index (χ0) is 11.8. The number of para-hydroxylation sites is 1. The molecule has 2 aromatic heterocycles. The van der Waals surface area contributed by atoms with Crippen LogP contribution in [-0.4, -0.2) is 9.55 Å². The molecular formula is C13H10N2OS. The van der Waals surface area contributed by atoms with E-state index in [1.807, 2.05) is 48.7 Å². The topological polar surface area (TPSA) is 34.9 Å². The summed E-state index contributed by atoms with van der Waals surface area (Å²) in [6, 6.07) is 11.5. The molecule has 0 unspecified atom stereocenters. The van der Waals surface area contributed by atoms with Crippen LogP contribution in [0.15, 0.2) is 46.6 Å². The highest BCUT2D eigenvalue weighted by molar-refractivity contribution is 7.17. The molecule has 0 saturated heterocycles. The molecule has 17 heavy (non-hydrogen) atoms. The standard InChI is InChI=1S/C13H10N2OS/c1-9-14-11-7-8-17-12(11)13(16)15(9)10-5-3-2-4-6-10/h2-8H,1H3. The van der Waals surface area contributed by atoms with Crippen molar-refractivity contribution in [2.45, 2.75) is 6.92 Å². The fraction of sp³-hybridized carbons (Fsp3) is 0.0769. The highest BCUT2D eigenvalue weighted by Crippen LogP contribution is 2.16. The van der Waals surface area contributed by atoms with E-state index in [0.29, 0.717) is 10.5 Å². The summed E-state index contributed by atoms with van der Waals surface area (Å²) in [7, 11) is 0. The van der Waals surface area contributed by atoms with Gasteiger partial charge in [0.05, 0.1) is 11.2 Å². The van der Waals surface area contributed by atoms with Crippen LogP contribution in [-0.2, 0) is 0 Å². The number of rotatable bonds is 1. The molecule has 0 N–H and O–H groups in total. The lowest BCUT2D eigenvalue weighted by Crippen LogP contribution is -2.21. The molecule has 4 heteroatoms. The molecule has 0 saturated carbocycles. The molecule has 2 heterocycles. The third-order valence-corrected chi connectivity index (χ3v) is 3.55. The van der Waals surface area contributed by atoms with Gasteiger partial charge in [0.1, 0.15) is 10.5 Å². The number of nitrogens with zero attached hydrogens (tertiary/aromatic N) is 2. The summed E-state index contributed by atoms with van der Waals surface area (Å²) in [6.07, 6.45) is 0. The highest BCUT2D eigenvalue weighted by Gasteiger charge is 2.09. The summed E-state index contributed by atoms with van der Waals surface area (Å²) < 4.78 is 2.36. The molecule has 0 radical (unpaired) electrons. The molecule has 0 aliphatic carbocycles. The van der Waals surface area contributed by atoms with Crippen molar-refractivity contribution in [2.75, 3.05) is 0 Å². The first-order chi connectivity index (χ1) is 8.27. The van der Waals surface area contributed by atoms with Gasteiger partial charge in [-0.2, -0.15) is 0 Å². The van der Waals surface area contributed by atoms with Crippen molar-refractivity contribution in [1.82, 2.24) is 9.55 Å². The summed E-state index contributed by atoms with van der Waals surface area (Å²) in [6.45, 7) is 1.85. The third-order valence-electron chi connectivity index (χ3n) is 2.66. The Hall–Kier alpha value is -1.94. The molecule has 0 aliphatic heterocycles. The first-order valence-electron chi connectivity index (χ1n) is 5.29. The van der Waals surface area contributed by atoms with Gasteiger partial charge in [0, 0.05) is 0 Å². The van der Waals surface area contributed by atoms with E-state index >= 15 is 0 Å². The molecule has 3 nitrogen and oxygen atoms in total. The molecule has 3 aromatic rings. The highest BCUT2D eigenvalue weighted by atomic mass is 32.1. The second-order valence-electron chi connectivity index (χ2n) is 3.77. The van der Waals surface area contributed by atoms with Crippen molar-refractivity contribution in [3.8, 4) is 5.69 Å². The molecule has 0 fully saturated rings. The summed E-state index contributed by atoms with van der Waals surface area (Å²) in [5.41, 5.74) is 1.65. The Balaban J connectivity index is 2.40. The van der Waals surface area contributed by atoms with Gasteiger partial charge in [0.25, 0.3) is 5.56 Å². The van der Waals surface area contributed by atoms with E-state index in [1.165, 1.54) is 11.3 Å². The van der Waals surface area contributed by atoms with Gasteiger partial charge >= 0.3 is 0 Å². The monoisotopic (exact) mass is 242 g/mol. The second kappa shape index (κ2) is 3.82. The van der Waals surface area contributed by atoms with Crippen LogP contribution in [0.5, 0.6) is 0 Å². The number of hydrogen-bond donors (Lipinski definition) is 0. The van der Waals surface area contributed by atoms with Crippen molar-refractivity contribution < 1.29 is 0 Å². The normalized spacial score (nSPS) is 10.9. The summed E-state index contributed by atoms with van der Waals surface area (Å²) in [5.74, 6) is 0.715. The summed E-state index contributed by atoms with van der Waals surface area (Å²) >= 11 is 1.44. The minimum absolute atomic E-state index is 0.00806. The minimum Gasteiger partial charge on any atom is -0.267 e. The minimum atomic E-state index is 0.00806. The largest absolute Gasteiger partial charge is 0.276 e. The number of hydrogen-bond acceptors (Lipinski definition) is 3. The van der Waals surface area contributed by atoms with Crippen molar-refractivity contribution >= 4 is 21.6 Å².